The molecule has 8 heteroatoms. The van der Waals surface area contributed by atoms with Crippen molar-refractivity contribution in [2.45, 2.75) is 13.8 Å². The molecule has 0 fully saturated rings. The lowest BCUT2D eigenvalue weighted by molar-refractivity contribution is -0.123. The molecule has 0 unspecified atom stereocenters. The maximum atomic E-state index is 11.9. The number of carbonyl (C=O) groups excluding carboxylic acids is 1. The quantitative estimate of drug-likeness (QED) is 0.481. The molecule has 1 amide bonds. The fourth-order valence-electron chi connectivity index (χ4n) is 2.59. The molecule has 1 aromatic carbocycles. The Labute approximate surface area is 169 Å². The van der Waals surface area contributed by atoms with Crippen LogP contribution in [-0.2, 0) is 4.79 Å². The highest BCUT2D eigenvalue weighted by atomic mass is 16.5. The summed E-state index contributed by atoms with van der Waals surface area (Å²) in [5.41, 5.74) is 1.09. The van der Waals surface area contributed by atoms with Gasteiger partial charge in [0.15, 0.2) is 6.61 Å². The molecule has 3 N–H and O–H groups in total. The molecule has 0 atom stereocenters. The summed E-state index contributed by atoms with van der Waals surface area (Å²) < 4.78 is 5.48. The number of nitrogens with one attached hydrogen (secondary N) is 3. The maximum Gasteiger partial charge on any atom is 0.258 e. The third-order valence-electron chi connectivity index (χ3n) is 3.87. The number of anilines is 3. The number of nitrogens with zero attached hydrogens (tertiary/aromatic N) is 3. The van der Waals surface area contributed by atoms with Crippen LogP contribution in [0.1, 0.15) is 11.4 Å². The van der Waals surface area contributed by atoms with Gasteiger partial charge in [-0.25, -0.2) is 15.0 Å². The first-order valence-electron chi connectivity index (χ1n) is 9.32. The van der Waals surface area contributed by atoms with Crippen molar-refractivity contribution in [3.8, 4) is 5.75 Å². The second-order valence-corrected chi connectivity index (χ2v) is 6.41. The van der Waals surface area contributed by atoms with Crippen molar-refractivity contribution in [1.29, 1.82) is 0 Å². The largest absolute Gasteiger partial charge is 0.484 e. The van der Waals surface area contributed by atoms with Crippen LogP contribution in [0, 0.1) is 13.8 Å². The molecule has 2 aromatic heterocycles. The molecule has 0 radical (unpaired) electrons. The minimum Gasteiger partial charge on any atom is -0.484 e. The van der Waals surface area contributed by atoms with Gasteiger partial charge in [-0.2, -0.15) is 0 Å². The van der Waals surface area contributed by atoms with Gasteiger partial charge in [0.1, 0.15) is 29.0 Å². The molecule has 29 heavy (non-hydrogen) atoms. The van der Waals surface area contributed by atoms with Crippen molar-refractivity contribution in [3.05, 3.63) is 66.1 Å². The van der Waals surface area contributed by atoms with Crippen molar-refractivity contribution in [2.75, 3.05) is 30.3 Å². The fourth-order valence-corrected chi connectivity index (χ4v) is 2.59. The van der Waals surface area contributed by atoms with Crippen LogP contribution in [-0.4, -0.2) is 40.6 Å². The van der Waals surface area contributed by atoms with Crippen molar-refractivity contribution in [2.24, 2.45) is 0 Å². The topological polar surface area (TPSA) is 101 Å². The lowest BCUT2D eigenvalue weighted by atomic mass is 10.2. The number of ether oxygens (including phenoxy) is 1. The summed E-state index contributed by atoms with van der Waals surface area (Å²) in [4.78, 5) is 24.9. The van der Waals surface area contributed by atoms with E-state index in [1.54, 1.807) is 12.3 Å². The predicted molar refractivity (Wildman–Crippen MR) is 112 cm³/mol. The van der Waals surface area contributed by atoms with Gasteiger partial charge in [-0.05, 0) is 43.7 Å². The number of carbonyl (C=O) groups is 1. The Morgan fingerprint density at radius 3 is 2.62 bits per heavy atom. The van der Waals surface area contributed by atoms with E-state index in [9.17, 15) is 4.79 Å². The normalized spacial score (nSPS) is 10.3. The smallest absolute Gasteiger partial charge is 0.258 e. The van der Waals surface area contributed by atoms with Gasteiger partial charge in [0, 0.05) is 25.4 Å². The molecule has 2 heterocycles. The number of pyridine rings is 1. The van der Waals surface area contributed by atoms with E-state index in [1.165, 1.54) is 0 Å². The molecule has 0 aliphatic heterocycles. The second-order valence-electron chi connectivity index (χ2n) is 6.41. The molecule has 0 bridgehead atoms. The summed E-state index contributed by atoms with van der Waals surface area (Å²) in [6, 6.07) is 15.0. The molecule has 0 spiro atoms. The Hall–Kier alpha value is -3.68. The lowest BCUT2D eigenvalue weighted by Gasteiger charge is -2.11. The highest BCUT2D eigenvalue weighted by molar-refractivity contribution is 5.77. The van der Waals surface area contributed by atoms with E-state index in [2.05, 4.69) is 30.9 Å². The average molecular weight is 392 g/mol. The van der Waals surface area contributed by atoms with E-state index in [0.29, 0.717) is 42.1 Å². The van der Waals surface area contributed by atoms with Crippen LogP contribution in [0.25, 0.3) is 0 Å². The Kier molecular flexibility index (Phi) is 6.94. The zero-order valence-corrected chi connectivity index (χ0v) is 16.5. The molecule has 8 nitrogen and oxygen atoms in total. The summed E-state index contributed by atoms with van der Waals surface area (Å²) in [6.45, 7) is 4.75. The molecular weight excluding hydrogens is 368 g/mol. The number of hydrogen-bond acceptors (Lipinski definition) is 7. The summed E-state index contributed by atoms with van der Waals surface area (Å²) in [6.07, 6.45) is 1.71. The summed E-state index contributed by atoms with van der Waals surface area (Å²) in [7, 11) is 0. The first-order chi connectivity index (χ1) is 14.1. The van der Waals surface area contributed by atoms with Gasteiger partial charge in [0.2, 0.25) is 0 Å². The Balaban J connectivity index is 1.42. The average Bonchev–Trinajstić information content (AvgIpc) is 2.70. The lowest BCUT2D eigenvalue weighted by Crippen LogP contribution is -2.32. The number of amides is 1. The van der Waals surface area contributed by atoms with E-state index in [-0.39, 0.29) is 12.5 Å². The van der Waals surface area contributed by atoms with Crippen molar-refractivity contribution >= 4 is 23.4 Å². The van der Waals surface area contributed by atoms with Crippen molar-refractivity contribution in [3.63, 3.8) is 0 Å². The number of aryl methyl sites for hydroxylation is 2. The zero-order valence-electron chi connectivity index (χ0n) is 16.5. The van der Waals surface area contributed by atoms with Crippen LogP contribution in [0.15, 0.2) is 54.7 Å². The van der Waals surface area contributed by atoms with E-state index >= 15 is 0 Å². The van der Waals surface area contributed by atoms with Gasteiger partial charge in [-0.15, -0.1) is 0 Å². The summed E-state index contributed by atoms with van der Waals surface area (Å²) >= 11 is 0. The van der Waals surface area contributed by atoms with Gasteiger partial charge in [0.05, 0.1) is 0 Å². The van der Waals surface area contributed by atoms with Crippen LogP contribution in [0.2, 0.25) is 0 Å². The molecule has 0 saturated carbocycles. The Morgan fingerprint density at radius 2 is 1.83 bits per heavy atom. The van der Waals surface area contributed by atoms with Gasteiger partial charge < -0.3 is 20.7 Å². The molecule has 0 saturated heterocycles. The molecule has 0 aliphatic carbocycles. The zero-order chi connectivity index (χ0) is 20.5. The molecule has 3 rings (SSSR count). The third kappa shape index (κ3) is 6.76. The molecular formula is C21H24N6O2. The van der Waals surface area contributed by atoms with Crippen LogP contribution < -0.4 is 20.7 Å². The van der Waals surface area contributed by atoms with E-state index in [0.717, 1.165) is 5.56 Å². The van der Waals surface area contributed by atoms with Gasteiger partial charge in [-0.3, -0.25) is 4.79 Å². The number of rotatable bonds is 9. The highest BCUT2D eigenvalue weighted by Gasteiger charge is 2.05. The first kappa shape index (κ1) is 20.1. The van der Waals surface area contributed by atoms with Crippen LogP contribution in [0.5, 0.6) is 5.75 Å². The minimum atomic E-state index is -0.176. The first-order valence-corrected chi connectivity index (χ1v) is 9.32. The number of hydrogen-bond donors (Lipinski definition) is 3. The van der Waals surface area contributed by atoms with Crippen LogP contribution in [0.3, 0.4) is 0 Å². The predicted octanol–water partition coefficient (Wildman–Crippen LogP) is 2.84. The SMILES string of the molecule is Cc1cccc(OCC(=O)NCCNc2cc(Nc3ccccn3)nc(C)n2)c1. The second kappa shape index (κ2) is 10.0. The summed E-state index contributed by atoms with van der Waals surface area (Å²) in [5, 5.41) is 9.13. The van der Waals surface area contributed by atoms with Gasteiger partial charge in [0.25, 0.3) is 5.91 Å². The maximum absolute atomic E-state index is 11.9. The van der Waals surface area contributed by atoms with Gasteiger partial charge >= 0.3 is 0 Å². The van der Waals surface area contributed by atoms with E-state index in [4.69, 9.17) is 4.74 Å². The van der Waals surface area contributed by atoms with Crippen molar-refractivity contribution in [1.82, 2.24) is 20.3 Å². The van der Waals surface area contributed by atoms with Crippen LogP contribution in [0.4, 0.5) is 17.5 Å². The Morgan fingerprint density at radius 1 is 0.966 bits per heavy atom. The minimum absolute atomic E-state index is 0.0196. The van der Waals surface area contributed by atoms with Crippen molar-refractivity contribution < 1.29 is 9.53 Å². The van der Waals surface area contributed by atoms with E-state index in [1.807, 2.05) is 56.3 Å². The summed E-state index contributed by atoms with van der Waals surface area (Å²) in [5.74, 6) is 3.16. The van der Waals surface area contributed by atoms with E-state index < -0.39 is 0 Å². The van der Waals surface area contributed by atoms with Crippen LogP contribution >= 0.6 is 0 Å². The monoisotopic (exact) mass is 392 g/mol. The Bertz CT molecular complexity index is 949. The fraction of sp³-hybridized carbons (Fsp3) is 0.238. The molecule has 150 valence electrons. The number of aromatic nitrogens is 3. The molecule has 0 aliphatic rings. The number of benzene rings is 1. The standard InChI is InChI=1S/C21H24N6O2/c1-15-6-5-7-17(12-15)29-14-21(28)24-11-10-23-19-13-20(26-16(2)25-19)27-18-8-3-4-9-22-18/h3-9,12-13H,10-11,14H2,1-2H3,(H,24,28)(H2,22,23,25,26,27). The molecule has 3 aromatic rings. The third-order valence-corrected chi connectivity index (χ3v) is 3.87. The highest BCUT2D eigenvalue weighted by Crippen LogP contribution is 2.15. The van der Waals surface area contributed by atoms with Gasteiger partial charge in [-0.1, -0.05) is 18.2 Å².